The smallest absolute Gasteiger partial charge is 0.273 e. The van der Waals surface area contributed by atoms with Gasteiger partial charge in [-0.3, -0.25) is 20.4 Å². The summed E-state index contributed by atoms with van der Waals surface area (Å²) in [6, 6.07) is 11.6. The van der Waals surface area contributed by atoms with Crippen molar-refractivity contribution in [2.24, 2.45) is 5.92 Å². The van der Waals surface area contributed by atoms with Gasteiger partial charge in [-0.2, -0.15) is 0 Å². The van der Waals surface area contributed by atoms with Crippen LogP contribution in [0.15, 0.2) is 42.5 Å². The first kappa shape index (κ1) is 16.1. The first-order valence-corrected chi connectivity index (χ1v) is 7.72. The molecule has 1 aliphatic heterocycles. The van der Waals surface area contributed by atoms with Crippen molar-refractivity contribution in [3.05, 3.63) is 58.6 Å². The van der Waals surface area contributed by atoms with E-state index in [0.29, 0.717) is 11.4 Å². The molecule has 124 valence electrons. The zero-order valence-electron chi connectivity index (χ0n) is 12.6. The number of para-hydroxylation sites is 1. The van der Waals surface area contributed by atoms with Crippen LogP contribution in [0.1, 0.15) is 15.9 Å². The quantitative estimate of drug-likeness (QED) is 0.726. The predicted octanol–water partition coefficient (Wildman–Crippen LogP) is 2.06. The molecule has 0 spiro atoms. The maximum atomic E-state index is 12.2. The van der Waals surface area contributed by atoms with Crippen molar-refractivity contribution in [3.8, 4) is 11.5 Å². The Morgan fingerprint density at radius 1 is 1.17 bits per heavy atom. The highest BCUT2D eigenvalue weighted by atomic mass is 35.5. The van der Waals surface area contributed by atoms with E-state index < -0.39 is 11.8 Å². The van der Waals surface area contributed by atoms with Crippen LogP contribution in [-0.2, 0) is 11.2 Å². The maximum Gasteiger partial charge on any atom is 0.273 e. The Bertz CT molecular complexity index is 794. The number of rotatable bonds is 2. The minimum atomic E-state index is -0.652. The van der Waals surface area contributed by atoms with Crippen molar-refractivity contribution < 1.29 is 19.4 Å². The van der Waals surface area contributed by atoms with E-state index in [-0.39, 0.29) is 23.8 Å². The Balaban J connectivity index is 1.60. The number of carbonyl (C=O) groups excluding carboxylic acids is 2. The highest BCUT2D eigenvalue weighted by molar-refractivity contribution is 6.31. The molecule has 6 nitrogen and oxygen atoms in total. The minimum Gasteiger partial charge on any atom is -0.507 e. The summed E-state index contributed by atoms with van der Waals surface area (Å²) < 4.78 is 5.55. The van der Waals surface area contributed by atoms with Gasteiger partial charge in [0.25, 0.3) is 5.91 Å². The maximum absolute atomic E-state index is 12.2. The van der Waals surface area contributed by atoms with Gasteiger partial charge in [-0.15, -0.1) is 0 Å². The number of amides is 2. The van der Waals surface area contributed by atoms with Crippen LogP contribution in [0.2, 0.25) is 5.02 Å². The lowest BCUT2D eigenvalue weighted by Crippen LogP contribution is -2.47. The summed E-state index contributed by atoms with van der Waals surface area (Å²) in [5.74, 6) is -0.872. The fourth-order valence-corrected chi connectivity index (χ4v) is 2.65. The van der Waals surface area contributed by atoms with Crippen molar-refractivity contribution in [1.29, 1.82) is 0 Å². The molecule has 1 unspecified atom stereocenters. The highest BCUT2D eigenvalue weighted by Gasteiger charge is 2.26. The van der Waals surface area contributed by atoms with E-state index in [2.05, 4.69) is 10.9 Å². The standard InChI is InChI=1S/C17H15ClN2O4/c18-12-5-6-14(21)13(8-12)17(23)20-19-16(22)11-7-10-3-1-2-4-15(10)24-9-11/h1-6,8,11,21H,7,9H2,(H,19,22)(H,20,23). The molecule has 2 amide bonds. The molecule has 0 aliphatic carbocycles. The Morgan fingerprint density at radius 3 is 2.79 bits per heavy atom. The Hall–Kier alpha value is -2.73. The van der Waals surface area contributed by atoms with Crippen LogP contribution in [0.5, 0.6) is 11.5 Å². The van der Waals surface area contributed by atoms with E-state index in [1.54, 1.807) is 0 Å². The first-order chi connectivity index (χ1) is 11.5. The number of fused-ring (bicyclic) bond motifs is 1. The topological polar surface area (TPSA) is 87.7 Å². The molecular weight excluding hydrogens is 332 g/mol. The molecule has 1 atom stereocenters. The molecule has 0 radical (unpaired) electrons. The summed E-state index contributed by atoms with van der Waals surface area (Å²) in [4.78, 5) is 24.2. The van der Waals surface area contributed by atoms with Crippen molar-refractivity contribution in [3.63, 3.8) is 0 Å². The van der Waals surface area contributed by atoms with Gasteiger partial charge in [-0.1, -0.05) is 29.8 Å². The zero-order chi connectivity index (χ0) is 17.1. The lowest BCUT2D eigenvalue weighted by molar-refractivity contribution is -0.127. The van der Waals surface area contributed by atoms with E-state index in [1.807, 2.05) is 24.3 Å². The number of hydrogen-bond donors (Lipinski definition) is 3. The van der Waals surface area contributed by atoms with Crippen LogP contribution in [-0.4, -0.2) is 23.5 Å². The molecule has 2 aromatic rings. The van der Waals surface area contributed by atoms with Gasteiger partial charge in [0, 0.05) is 5.02 Å². The van der Waals surface area contributed by atoms with Crippen LogP contribution >= 0.6 is 11.6 Å². The predicted molar refractivity (Wildman–Crippen MR) is 87.9 cm³/mol. The minimum absolute atomic E-state index is 0.0203. The lowest BCUT2D eigenvalue weighted by atomic mass is 9.96. The van der Waals surface area contributed by atoms with Gasteiger partial charge in [-0.25, -0.2) is 0 Å². The Morgan fingerprint density at radius 2 is 1.96 bits per heavy atom. The van der Waals surface area contributed by atoms with Gasteiger partial charge < -0.3 is 9.84 Å². The average Bonchev–Trinajstić information content (AvgIpc) is 2.61. The van der Waals surface area contributed by atoms with Crippen molar-refractivity contribution in [2.75, 3.05) is 6.61 Å². The number of phenolic OH excluding ortho intramolecular Hbond substituents is 1. The molecule has 0 bridgehead atoms. The number of hydrazine groups is 1. The van der Waals surface area contributed by atoms with Gasteiger partial charge >= 0.3 is 0 Å². The number of phenols is 1. The van der Waals surface area contributed by atoms with E-state index in [0.717, 1.165) is 11.3 Å². The molecule has 3 rings (SSSR count). The number of carbonyl (C=O) groups is 2. The third kappa shape index (κ3) is 3.44. The number of ether oxygens (including phenoxy) is 1. The summed E-state index contributed by atoms with van der Waals surface area (Å²) in [7, 11) is 0. The molecule has 0 saturated heterocycles. The molecule has 7 heteroatoms. The molecule has 1 heterocycles. The van der Waals surface area contributed by atoms with Crippen molar-refractivity contribution >= 4 is 23.4 Å². The summed E-state index contributed by atoms with van der Waals surface area (Å²) in [5.41, 5.74) is 5.56. The fourth-order valence-electron chi connectivity index (χ4n) is 2.47. The molecule has 0 saturated carbocycles. The number of benzene rings is 2. The van der Waals surface area contributed by atoms with Crippen LogP contribution in [0.25, 0.3) is 0 Å². The number of nitrogens with one attached hydrogen (secondary N) is 2. The van der Waals surface area contributed by atoms with Gasteiger partial charge in [-0.05, 0) is 36.2 Å². The molecule has 0 aromatic heterocycles. The molecule has 0 fully saturated rings. The summed E-state index contributed by atoms with van der Waals surface area (Å²) in [5, 5.41) is 9.98. The average molecular weight is 347 g/mol. The normalized spacial score (nSPS) is 15.8. The van der Waals surface area contributed by atoms with Crippen LogP contribution in [0, 0.1) is 5.92 Å². The van der Waals surface area contributed by atoms with E-state index >= 15 is 0 Å². The highest BCUT2D eigenvalue weighted by Crippen LogP contribution is 2.26. The van der Waals surface area contributed by atoms with Gasteiger partial charge in [0.2, 0.25) is 5.91 Å². The monoisotopic (exact) mass is 346 g/mol. The van der Waals surface area contributed by atoms with E-state index in [9.17, 15) is 14.7 Å². The first-order valence-electron chi connectivity index (χ1n) is 7.34. The molecule has 2 aromatic carbocycles. The van der Waals surface area contributed by atoms with Crippen molar-refractivity contribution in [2.45, 2.75) is 6.42 Å². The summed E-state index contributed by atoms with van der Waals surface area (Å²) in [6.07, 6.45) is 0.528. The molecule has 24 heavy (non-hydrogen) atoms. The Labute approximate surface area is 143 Å². The third-order valence-electron chi connectivity index (χ3n) is 3.75. The fraction of sp³-hybridized carbons (Fsp3) is 0.176. The number of hydrogen-bond acceptors (Lipinski definition) is 4. The second-order valence-electron chi connectivity index (χ2n) is 5.42. The molecule has 3 N–H and O–H groups in total. The lowest BCUT2D eigenvalue weighted by Gasteiger charge is -2.24. The number of halogens is 1. The van der Waals surface area contributed by atoms with Crippen LogP contribution < -0.4 is 15.6 Å². The zero-order valence-corrected chi connectivity index (χ0v) is 13.3. The van der Waals surface area contributed by atoms with Crippen LogP contribution in [0.3, 0.4) is 0 Å². The van der Waals surface area contributed by atoms with E-state index in [4.69, 9.17) is 16.3 Å². The number of aromatic hydroxyl groups is 1. The van der Waals surface area contributed by atoms with Crippen molar-refractivity contribution in [1.82, 2.24) is 10.9 Å². The van der Waals surface area contributed by atoms with Gasteiger partial charge in [0.1, 0.15) is 18.1 Å². The van der Waals surface area contributed by atoms with Crippen LogP contribution in [0.4, 0.5) is 0 Å². The molecule has 1 aliphatic rings. The van der Waals surface area contributed by atoms with Gasteiger partial charge in [0.15, 0.2) is 0 Å². The summed E-state index contributed by atoms with van der Waals surface area (Å²) >= 11 is 5.80. The second-order valence-corrected chi connectivity index (χ2v) is 5.86. The SMILES string of the molecule is O=C(NNC(=O)C1COc2ccccc2C1)c1cc(Cl)ccc1O. The Kier molecular flexibility index (Phi) is 4.57. The summed E-state index contributed by atoms with van der Waals surface area (Å²) in [6.45, 7) is 0.237. The molecular formula is C17H15ClN2O4. The third-order valence-corrected chi connectivity index (χ3v) is 3.99. The largest absolute Gasteiger partial charge is 0.507 e. The van der Waals surface area contributed by atoms with E-state index in [1.165, 1.54) is 18.2 Å². The second kappa shape index (κ2) is 6.80. The van der Waals surface area contributed by atoms with Gasteiger partial charge in [0.05, 0.1) is 11.5 Å².